The molecule has 1 aliphatic rings. The first kappa shape index (κ1) is 13.7. The third-order valence-electron chi connectivity index (χ3n) is 3.27. The second-order valence-corrected chi connectivity index (χ2v) is 4.81. The number of carbonyl (C=O) groups excluding carboxylic acids is 1. The van der Waals surface area contributed by atoms with Crippen molar-refractivity contribution < 1.29 is 27.4 Å². The fourth-order valence-electron chi connectivity index (χ4n) is 2.16. The van der Waals surface area contributed by atoms with E-state index < -0.39 is 23.1 Å². The van der Waals surface area contributed by atoms with Crippen molar-refractivity contribution in [3.8, 4) is 5.75 Å². The number of esters is 1. The Labute approximate surface area is 108 Å². The van der Waals surface area contributed by atoms with Gasteiger partial charge in [0, 0.05) is 11.0 Å². The zero-order valence-corrected chi connectivity index (χ0v) is 10.5. The average molecular weight is 274 g/mol. The van der Waals surface area contributed by atoms with E-state index in [0.717, 1.165) is 12.1 Å². The maximum atomic E-state index is 12.7. The molecule has 2 rings (SSSR count). The first-order chi connectivity index (χ1) is 8.76. The molecule has 0 fully saturated rings. The van der Waals surface area contributed by atoms with Crippen molar-refractivity contribution in [1.29, 1.82) is 0 Å². The Kier molecular flexibility index (Phi) is 3.20. The SMILES string of the molecule is COC(=O)C[C@@]1(C)COc2ccc(C(F)(F)F)cc21. The summed E-state index contributed by atoms with van der Waals surface area (Å²) in [5.41, 5.74) is -1.13. The lowest BCUT2D eigenvalue weighted by Crippen LogP contribution is -2.28. The molecule has 0 aliphatic carbocycles. The minimum Gasteiger partial charge on any atom is -0.492 e. The Hall–Kier alpha value is -1.72. The van der Waals surface area contributed by atoms with Crippen molar-refractivity contribution in [1.82, 2.24) is 0 Å². The number of carbonyl (C=O) groups is 1. The molecule has 3 nitrogen and oxygen atoms in total. The zero-order valence-electron chi connectivity index (χ0n) is 10.5. The van der Waals surface area contributed by atoms with E-state index in [0.29, 0.717) is 11.3 Å². The molecule has 0 bridgehead atoms. The predicted molar refractivity (Wildman–Crippen MR) is 60.9 cm³/mol. The van der Waals surface area contributed by atoms with Gasteiger partial charge in [0.2, 0.25) is 0 Å². The molecule has 19 heavy (non-hydrogen) atoms. The van der Waals surface area contributed by atoms with Gasteiger partial charge in [0.1, 0.15) is 5.75 Å². The molecule has 104 valence electrons. The van der Waals surface area contributed by atoms with Crippen LogP contribution in [0.4, 0.5) is 13.2 Å². The number of hydrogen-bond donors (Lipinski definition) is 0. The fourth-order valence-corrected chi connectivity index (χ4v) is 2.16. The Morgan fingerprint density at radius 1 is 1.47 bits per heavy atom. The second-order valence-electron chi connectivity index (χ2n) is 4.81. The van der Waals surface area contributed by atoms with Gasteiger partial charge >= 0.3 is 12.1 Å². The van der Waals surface area contributed by atoms with Crippen LogP contribution in [-0.4, -0.2) is 19.7 Å². The van der Waals surface area contributed by atoms with Gasteiger partial charge in [-0.15, -0.1) is 0 Å². The standard InChI is InChI=1S/C13H13F3O3/c1-12(6-11(17)18-2)7-19-10-4-3-8(5-9(10)12)13(14,15)16/h3-5H,6-7H2,1-2H3/t12-/m0/s1. The summed E-state index contributed by atoms with van der Waals surface area (Å²) in [6.07, 6.45) is -4.43. The summed E-state index contributed by atoms with van der Waals surface area (Å²) in [7, 11) is 1.24. The molecular weight excluding hydrogens is 261 g/mol. The van der Waals surface area contributed by atoms with Crippen LogP contribution in [0.15, 0.2) is 18.2 Å². The second kappa shape index (κ2) is 4.43. The van der Waals surface area contributed by atoms with Gasteiger partial charge in [0.05, 0.1) is 25.7 Å². The average Bonchev–Trinajstić information content (AvgIpc) is 2.65. The van der Waals surface area contributed by atoms with Crippen molar-refractivity contribution in [2.45, 2.75) is 24.9 Å². The van der Waals surface area contributed by atoms with Crippen molar-refractivity contribution in [2.24, 2.45) is 0 Å². The highest BCUT2D eigenvalue weighted by molar-refractivity contribution is 5.72. The van der Waals surface area contributed by atoms with Gasteiger partial charge in [0.25, 0.3) is 0 Å². The van der Waals surface area contributed by atoms with Crippen molar-refractivity contribution >= 4 is 5.97 Å². The Balaban J connectivity index is 2.40. The highest BCUT2D eigenvalue weighted by Gasteiger charge is 2.41. The van der Waals surface area contributed by atoms with Crippen LogP contribution >= 0.6 is 0 Å². The third kappa shape index (κ3) is 2.52. The number of methoxy groups -OCH3 is 1. The molecule has 0 unspecified atom stereocenters. The van der Waals surface area contributed by atoms with Gasteiger partial charge in [-0.05, 0) is 18.2 Å². The maximum absolute atomic E-state index is 12.7. The third-order valence-corrected chi connectivity index (χ3v) is 3.27. The molecule has 0 amide bonds. The van der Waals surface area contributed by atoms with Gasteiger partial charge in [-0.1, -0.05) is 6.92 Å². The van der Waals surface area contributed by atoms with Crippen LogP contribution < -0.4 is 4.74 Å². The smallest absolute Gasteiger partial charge is 0.416 e. The predicted octanol–water partition coefficient (Wildman–Crippen LogP) is 2.92. The van der Waals surface area contributed by atoms with E-state index in [4.69, 9.17) is 4.74 Å². The van der Waals surface area contributed by atoms with Crippen LogP contribution in [0.2, 0.25) is 0 Å². The zero-order chi connectivity index (χ0) is 14.3. The summed E-state index contributed by atoms with van der Waals surface area (Å²) in [5, 5.41) is 0. The first-order valence-electron chi connectivity index (χ1n) is 5.67. The van der Waals surface area contributed by atoms with E-state index in [2.05, 4.69) is 4.74 Å². The highest BCUT2D eigenvalue weighted by atomic mass is 19.4. The number of benzene rings is 1. The van der Waals surface area contributed by atoms with Crippen molar-refractivity contribution in [3.63, 3.8) is 0 Å². The number of halogens is 3. The Morgan fingerprint density at radius 2 is 2.16 bits per heavy atom. The summed E-state index contributed by atoms with van der Waals surface area (Å²) >= 11 is 0. The van der Waals surface area contributed by atoms with Gasteiger partial charge in [-0.25, -0.2) is 0 Å². The van der Waals surface area contributed by atoms with E-state index in [9.17, 15) is 18.0 Å². The van der Waals surface area contributed by atoms with Crippen molar-refractivity contribution in [2.75, 3.05) is 13.7 Å². The summed E-state index contributed by atoms with van der Waals surface area (Å²) in [6.45, 7) is 1.86. The molecule has 1 aliphatic heterocycles. The lowest BCUT2D eigenvalue weighted by molar-refractivity contribution is -0.142. The fraction of sp³-hybridized carbons (Fsp3) is 0.462. The molecule has 0 radical (unpaired) electrons. The van der Waals surface area contributed by atoms with Crippen LogP contribution in [-0.2, 0) is 21.1 Å². The van der Waals surface area contributed by atoms with E-state index >= 15 is 0 Å². The van der Waals surface area contributed by atoms with Gasteiger partial charge in [-0.2, -0.15) is 13.2 Å². The molecule has 0 saturated carbocycles. The molecule has 1 atom stereocenters. The number of hydrogen-bond acceptors (Lipinski definition) is 3. The number of rotatable bonds is 2. The highest BCUT2D eigenvalue weighted by Crippen LogP contribution is 2.43. The monoisotopic (exact) mass is 274 g/mol. The molecule has 1 aromatic rings. The molecular formula is C13H13F3O3. The van der Waals surface area contributed by atoms with Crippen LogP contribution in [0, 0.1) is 0 Å². The van der Waals surface area contributed by atoms with Gasteiger partial charge in [0.15, 0.2) is 0 Å². The van der Waals surface area contributed by atoms with Crippen LogP contribution in [0.25, 0.3) is 0 Å². The number of alkyl halides is 3. The minimum atomic E-state index is -4.41. The summed E-state index contributed by atoms with van der Waals surface area (Å²) in [5.74, 6) is -0.0873. The minimum absolute atomic E-state index is 0.0161. The van der Waals surface area contributed by atoms with Crippen LogP contribution in [0.1, 0.15) is 24.5 Å². The lowest BCUT2D eigenvalue weighted by Gasteiger charge is -2.21. The summed E-state index contributed by atoms with van der Waals surface area (Å²) in [4.78, 5) is 11.4. The van der Waals surface area contributed by atoms with Gasteiger partial charge in [-0.3, -0.25) is 4.79 Å². The van der Waals surface area contributed by atoms with Crippen LogP contribution in [0.5, 0.6) is 5.75 Å². The first-order valence-corrected chi connectivity index (χ1v) is 5.67. The normalized spacial score (nSPS) is 21.7. The molecule has 0 N–H and O–H groups in total. The van der Waals surface area contributed by atoms with Gasteiger partial charge < -0.3 is 9.47 Å². The molecule has 1 aromatic carbocycles. The molecule has 6 heteroatoms. The largest absolute Gasteiger partial charge is 0.492 e. The molecule has 0 aromatic heterocycles. The summed E-state index contributed by atoms with van der Waals surface area (Å²) < 4.78 is 48.0. The number of ether oxygens (including phenoxy) is 2. The number of fused-ring (bicyclic) bond motifs is 1. The molecule has 1 heterocycles. The Morgan fingerprint density at radius 3 is 2.74 bits per heavy atom. The van der Waals surface area contributed by atoms with E-state index in [1.807, 2.05) is 0 Å². The topological polar surface area (TPSA) is 35.5 Å². The van der Waals surface area contributed by atoms with Crippen LogP contribution in [0.3, 0.4) is 0 Å². The van der Waals surface area contributed by atoms with E-state index in [1.165, 1.54) is 13.2 Å². The molecule has 0 spiro atoms. The van der Waals surface area contributed by atoms with E-state index in [1.54, 1.807) is 6.92 Å². The quantitative estimate of drug-likeness (QED) is 0.778. The summed E-state index contributed by atoms with van der Waals surface area (Å²) in [6, 6.07) is 3.31. The maximum Gasteiger partial charge on any atom is 0.416 e. The van der Waals surface area contributed by atoms with Crippen molar-refractivity contribution in [3.05, 3.63) is 29.3 Å². The molecule has 0 saturated heterocycles. The lowest BCUT2D eigenvalue weighted by atomic mass is 9.81. The Bertz CT molecular complexity index is 510. The van der Waals surface area contributed by atoms with E-state index in [-0.39, 0.29) is 13.0 Å².